The van der Waals surface area contributed by atoms with Crippen molar-refractivity contribution in [3.8, 4) is 0 Å². The van der Waals surface area contributed by atoms with Crippen molar-refractivity contribution in [2.75, 3.05) is 13.2 Å². The van der Waals surface area contributed by atoms with Gasteiger partial charge in [0.25, 0.3) is 5.91 Å². The molecular formula is C23H28N2O3. The van der Waals surface area contributed by atoms with Gasteiger partial charge in [-0.05, 0) is 57.6 Å². The van der Waals surface area contributed by atoms with E-state index in [-0.39, 0.29) is 12.5 Å². The molecule has 0 unspecified atom stereocenters. The molecule has 2 aromatic rings. The molecule has 28 heavy (non-hydrogen) atoms. The number of benzene rings is 1. The number of carbonyl (C=O) groups is 2. The normalized spacial score (nSPS) is 13.9. The molecular weight excluding hydrogens is 352 g/mol. The van der Waals surface area contributed by atoms with E-state index in [4.69, 9.17) is 4.74 Å². The van der Waals surface area contributed by atoms with Crippen LogP contribution in [0.25, 0.3) is 10.9 Å². The molecule has 0 saturated heterocycles. The van der Waals surface area contributed by atoms with Crippen molar-refractivity contribution in [3.63, 3.8) is 0 Å². The van der Waals surface area contributed by atoms with Crippen LogP contribution < -0.4 is 0 Å². The van der Waals surface area contributed by atoms with Crippen LogP contribution >= 0.6 is 0 Å². The summed E-state index contributed by atoms with van der Waals surface area (Å²) >= 11 is 0. The third-order valence-corrected chi connectivity index (χ3v) is 5.23. The van der Waals surface area contributed by atoms with Crippen molar-refractivity contribution in [2.24, 2.45) is 0 Å². The summed E-state index contributed by atoms with van der Waals surface area (Å²) in [4.78, 5) is 31.8. The zero-order chi connectivity index (χ0) is 20.1. The smallest absolute Gasteiger partial charge is 0.340 e. The number of rotatable bonds is 6. The fourth-order valence-corrected chi connectivity index (χ4v) is 3.83. The molecule has 0 radical (unpaired) electrons. The van der Waals surface area contributed by atoms with E-state index in [1.54, 1.807) is 11.8 Å². The Kier molecular flexibility index (Phi) is 6.45. The van der Waals surface area contributed by atoms with Gasteiger partial charge in [-0.1, -0.05) is 31.2 Å². The van der Waals surface area contributed by atoms with Gasteiger partial charge in [0.2, 0.25) is 0 Å². The summed E-state index contributed by atoms with van der Waals surface area (Å²) in [6, 6.07) is 7.71. The van der Waals surface area contributed by atoms with Gasteiger partial charge in [0.15, 0.2) is 6.61 Å². The minimum Gasteiger partial charge on any atom is -0.452 e. The van der Waals surface area contributed by atoms with Gasteiger partial charge in [0, 0.05) is 17.6 Å². The van der Waals surface area contributed by atoms with Gasteiger partial charge in [-0.15, -0.1) is 0 Å². The molecule has 1 heterocycles. The number of pyridine rings is 1. The maximum Gasteiger partial charge on any atom is 0.340 e. The molecule has 0 spiro atoms. The Labute approximate surface area is 166 Å². The van der Waals surface area contributed by atoms with Gasteiger partial charge in [-0.3, -0.25) is 9.78 Å². The highest BCUT2D eigenvalue weighted by molar-refractivity contribution is 5.99. The van der Waals surface area contributed by atoms with Crippen LogP contribution in [0.1, 0.15) is 60.6 Å². The van der Waals surface area contributed by atoms with Crippen LogP contribution in [-0.2, 0) is 9.53 Å². The number of para-hydroxylation sites is 1. The molecule has 0 N–H and O–H groups in total. The maximum absolute atomic E-state index is 12.7. The first-order valence-corrected chi connectivity index (χ1v) is 10.1. The lowest BCUT2D eigenvalue weighted by Crippen LogP contribution is -2.35. The van der Waals surface area contributed by atoms with Crippen LogP contribution in [0.4, 0.5) is 0 Å². The third kappa shape index (κ3) is 4.24. The van der Waals surface area contributed by atoms with Crippen molar-refractivity contribution in [1.29, 1.82) is 0 Å². The topological polar surface area (TPSA) is 59.5 Å². The highest BCUT2D eigenvalue weighted by Crippen LogP contribution is 2.24. The number of amides is 1. The lowest BCUT2D eigenvalue weighted by Gasteiger charge is -2.27. The van der Waals surface area contributed by atoms with Crippen molar-refractivity contribution in [3.05, 3.63) is 52.9 Å². The molecule has 3 rings (SSSR count). The Bertz CT molecular complexity index is 917. The number of fused-ring (bicyclic) bond motifs is 1. The van der Waals surface area contributed by atoms with Crippen LogP contribution in [0.15, 0.2) is 36.0 Å². The Hall–Kier alpha value is -2.69. The van der Waals surface area contributed by atoms with E-state index >= 15 is 0 Å². The molecule has 0 fully saturated rings. The second-order valence-corrected chi connectivity index (χ2v) is 7.28. The fraction of sp³-hybridized carbons (Fsp3) is 0.435. The number of carbonyl (C=O) groups excluding carboxylic acids is 2. The zero-order valence-corrected chi connectivity index (χ0v) is 17.0. The maximum atomic E-state index is 12.7. The number of ether oxygens (including phenoxy) is 1. The summed E-state index contributed by atoms with van der Waals surface area (Å²) in [6.45, 7) is 6.14. The van der Waals surface area contributed by atoms with Crippen molar-refractivity contribution in [1.82, 2.24) is 9.88 Å². The van der Waals surface area contributed by atoms with E-state index in [9.17, 15) is 9.59 Å². The number of hydrogen-bond acceptors (Lipinski definition) is 4. The van der Waals surface area contributed by atoms with Gasteiger partial charge in [-0.2, -0.15) is 0 Å². The van der Waals surface area contributed by atoms with E-state index in [1.807, 2.05) is 38.1 Å². The first-order chi connectivity index (χ1) is 13.5. The standard InChI is InChI=1S/C23H28N2O3/c1-4-14-25(18-10-6-5-7-11-18)21(26)15-28-23(27)22-16(2)19-12-8-9-13-20(19)24-17(22)3/h8-10,12-13H,4-7,11,14-15H2,1-3H3. The van der Waals surface area contributed by atoms with E-state index in [1.165, 1.54) is 6.42 Å². The van der Waals surface area contributed by atoms with E-state index in [2.05, 4.69) is 11.1 Å². The number of hydrogen-bond donors (Lipinski definition) is 0. The van der Waals surface area contributed by atoms with Crippen molar-refractivity contribution in [2.45, 2.75) is 52.9 Å². The molecule has 1 aliphatic carbocycles. The van der Waals surface area contributed by atoms with E-state index < -0.39 is 5.97 Å². The van der Waals surface area contributed by atoms with Crippen LogP contribution in [0.3, 0.4) is 0 Å². The molecule has 148 valence electrons. The third-order valence-electron chi connectivity index (χ3n) is 5.23. The van der Waals surface area contributed by atoms with Gasteiger partial charge in [0.1, 0.15) is 0 Å². The Morgan fingerprint density at radius 2 is 1.96 bits per heavy atom. The van der Waals surface area contributed by atoms with Crippen LogP contribution in [0.2, 0.25) is 0 Å². The molecule has 1 aromatic carbocycles. The summed E-state index contributed by atoms with van der Waals surface area (Å²) in [6.07, 6.45) is 7.18. The minimum atomic E-state index is -0.490. The quantitative estimate of drug-likeness (QED) is 0.681. The van der Waals surface area contributed by atoms with Gasteiger partial charge in [-0.25, -0.2) is 4.79 Å². The summed E-state index contributed by atoms with van der Waals surface area (Å²) < 4.78 is 5.42. The highest BCUT2D eigenvalue weighted by atomic mass is 16.5. The van der Waals surface area contributed by atoms with Gasteiger partial charge in [0.05, 0.1) is 16.8 Å². The first kappa shape index (κ1) is 20.1. The molecule has 1 aliphatic rings. The van der Waals surface area contributed by atoms with E-state index in [0.717, 1.165) is 47.8 Å². The Balaban J connectivity index is 1.75. The first-order valence-electron chi connectivity index (χ1n) is 10.1. The van der Waals surface area contributed by atoms with Gasteiger partial charge < -0.3 is 9.64 Å². The van der Waals surface area contributed by atoms with Crippen LogP contribution in [0, 0.1) is 13.8 Å². The van der Waals surface area contributed by atoms with Gasteiger partial charge >= 0.3 is 5.97 Å². The highest BCUT2D eigenvalue weighted by Gasteiger charge is 2.22. The molecule has 0 atom stereocenters. The second kappa shape index (κ2) is 9.00. The molecule has 1 amide bonds. The summed E-state index contributed by atoms with van der Waals surface area (Å²) in [5.74, 6) is -0.650. The molecule has 1 aromatic heterocycles. The molecule has 5 heteroatoms. The molecule has 0 saturated carbocycles. The number of nitrogens with zero attached hydrogens (tertiary/aromatic N) is 2. The Morgan fingerprint density at radius 1 is 1.18 bits per heavy atom. The Morgan fingerprint density at radius 3 is 2.68 bits per heavy atom. The lowest BCUT2D eigenvalue weighted by molar-refractivity contribution is -0.132. The second-order valence-electron chi connectivity index (χ2n) is 7.28. The van der Waals surface area contributed by atoms with Crippen LogP contribution in [-0.4, -0.2) is 34.9 Å². The summed E-state index contributed by atoms with van der Waals surface area (Å²) in [7, 11) is 0. The zero-order valence-electron chi connectivity index (χ0n) is 17.0. The molecule has 0 bridgehead atoms. The monoisotopic (exact) mass is 380 g/mol. The van der Waals surface area contributed by atoms with Crippen LogP contribution in [0.5, 0.6) is 0 Å². The number of esters is 1. The predicted molar refractivity (Wildman–Crippen MR) is 110 cm³/mol. The molecule has 5 nitrogen and oxygen atoms in total. The van der Waals surface area contributed by atoms with Crippen molar-refractivity contribution < 1.29 is 14.3 Å². The number of aromatic nitrogens is 1. The average Bonchev–Trinajstić information content (AvgIpc) is 2.71. The average molecular weight is 380 g/mol. The number of allylic oxidation sites excluding steroid dienone is 2. The predicted octanol–water partition coefficient (Wildman–Crippen LogP) is 4.70. The minimum absolute atomic E-state index is 0.160. The fourth-order valence-electron chi connectivity index (χ4n) is 3.83. The van der Waals surface area contributed by atoms with Crippen molar-refractivity contribution >= 4 is 22.8 Å². The summed E-state index contributed by atoms with van der Waals surface area (Å²) in [5, 5.41) is 0.923. The lowest BCUT2D eigenvalue weighted by atomic mass is 10.0. The van der Waals surface area contributed by atoms with E-state index in [0.29, 0.717) is 17.8 Å². The SMILES string of the molecule is CCCN(C(=O)COC(=O)c1c(C)nc2ccccc2c1C)C1=CCCCC1. The number of aryl methyl sites for hydroxylation is 2. The molecule has 0 aliphatic heterocycles. The summed E-state index contributed by atoms with van der Waals surface area (Å²) in [5.41, 5.74) is 3.82. The largest absolute Gasteiger partial charge is 0.452 e.